The zero-order valence-corrected chi connectivity index (χ0v) is 12.3. The van der Waals surface area contributed by atoms with E-state index in [9.17, 15) is 13.6 Å². The Morgan fingerprint density at radius 1 is 1.18 bits per heavy atom. The molecule has 0 N–H and O–H groups in total. The number of hydrogen-bond donors (Lipinski definition) is 0. The van der Waals surface area contributed by atoms with Crippen molar-refractivity contribution in [3.8, 4) is 5.75 Å². The molecule has 0 saturated heterocycles. The van der Waals surface area contributed by atoms with Gasteiger partial charge in [0.05, 0.1) is 11.8 Å². The number of ether oxygens (including phenoxy) is 1. The molecule has 0 spiro atoms. The van der Waals surface area contributed by atoms with E-state index in [1.165, 1.54) is 6.42 Å². The predicted molar refractivity (Wildman–Crippen MR) is 78.8 cm³/mol. The highest BCUT2D eigenvalue weighted by Gasteiger charge is 2.11. The molecule has 116 valence electrons. The number of aryl methyl sites for hydroxylation is 1. The molecule has 0 amide bonds. The second-order valence-electron chi connectivity index (χ2n) is 4.99. The van der Waals surface area contributed by atoms with Crippen molar-refractivity contribution in [1.82, 2.24) is 4.98 Å². The minimum Gasteiger partial charge on any atom is -0.421 e. The summed E-state index contributed by atoms with van der Waals surface area (Å²) < 4.78 is 30.7. The first kappa shape index (κ1) is 16.1. The van der Waals surface area contributed by atoms with Crippen molar-refractivity contribution in [3.63, 3.8) is 0 Å². The number of unbranched alkanes of at least 4 members (excludes halogenated alkanes) is 2. The Hall–Kier alpha value is -2.30. The monoisotopic (exact) mass is 305 g/mol. The average Bonchev–Trinajstić information content (AvgIpc) is 2.52. The van der Waals surface area contributed by atoms with Crippen LogP contribution in [0.2, 0.25) is 0 Å². The first-order chi connectivity index (χ1) is 10.6. The van der Waals surface area contributed by atoms with Crippen molar-refractivity contribution in [2.45, 2.75) is 32.6 Å². The van der Waals surface area contributed by atoms with Gasteiger partial charge in [-0.15, -0.1) is 0 Å². The van der Waals surface area contributed by atoms with Gasteiger partial charge < -0.3 is 4.74 Å². The molecular weight excluding hydrogens is 288 g/mol. The van der Waals surface area contributed by atoms with Crippen LogP contribution in [0.5, 0.6) is 5.75 Å². The Morgan fingerprint density at radius 3 is 2.55 bits per heavy atom. The molecular formula is C17H17F2NO2. The maximum Gasteiger partial charge on any atom is 0.343 e. The van der Waals surface area contributed by atoms with E-state index in [0.717, 1.165) is 37.1 Å². The average molecular weight is 305 g/mol. The molecule has 2 rings (SSSR count). The molecule has 0 radical (unpaired) electrons. The van der Waals surface area contributed by atoms with Crippen LogP contribution in [0, 0.1) is 11.8 Å². The normalized spacial score (nSPS) is 10.5. The molecule has 5 heteroatoms. The van der Waals surface area contributed by atoms with Gasteiger partial charge in [-0.1, -0.05) is 31.9 Å². The lowest BCUT2D eigenvalue weighted by molar-refractivity contribution is 0.0733. The van der Waals surface area contributed by atoms with Gasteiger partial charge in [0.2, 0.25) is 5.95 Å². The van der Waals surface area contributed by atoms with Crippen molar-refractivity contribution >= 4 is 5.97 Å². The number of benzene rings is 1. The fourth-order valence-corrected chi connectivity index (χ4v) is 2.01. The summed E-state index contributed by atoms with van der Waals surface area (Å²) in [7, 11) is 0. The molecule has 3 nitrogen and oxygen atoms in total. The summed E-state index contributed by atoms with van der Waals surface area (Å²) in [4.78, 5) is 15.1. The van der Waals surface area contributed by atoms with Crippen molar-refractivity contribution in [3.05, 3.63) is 59.4 Å². The molecule has 0 bridgehead atoms. The van der Waals surface area contributed by atoms with Crippen molar-refractivity contribution in [2.24, 2.45) is 0 Å². The molecule has 0 aliphatic carbocycles. The molecule has 0 unspecified atom stereocenters. The fraction of sp³-hybridized carbons (Fsp3) is 0.294. The van der Waals surface area contributed by atoms with Crippen LogP contribution in [-0.4, -0.2) is 11.0 Å². The predicted octanol–water partition coefficient (Wildman–Crippen LogP) is 4.31. The van der Waals surface area contributed by atoms with Gasteiger partial charge in [-0.2, -0.15) is 4.39 Å². The first-order valence-electron chi connectivity index (χ1n) is 7.22. The SMILES string of the molecule is CCCCCc1ccc(C(=O)Oc2cnc(F)c(F)c2)cc1. The number of carbonyl (C=O) groups is 1. The Morgan fingerprint density at radius 2 is 1.91 bits per heavy atom. The largest absolute Gasteiger partial charge is 0.421 e. The highest BCUT2D eigenvalue weighted by molar-refractivity contribution is 5.91. The fourth-order valence-electron chi connectivity index (χ4n) is 2.01. The van der Waals surface area contributed by atoms with Gasteiger partial charge in [0.15, 0.2) is 11.6 Å². The number of esters is 1. The molecule has 1 aromatic heterocycles. The van der Waals surface area contributed by atoms with Crippen LogP contribution in [-0.2, 0) is 6.42 Å². The van der Waals surface area contributed by atoms with Gasteiger partial charge in [0.1, 0.15) is 0 Å². The zero-order valence-electron chi connectivity index (χ0n) is 12.3. The molecule has 1 aromatic carbocycles. The summed E-state index contributed by atoms with van der Waals surface area (Å²) in [5, 5.41) is 0. The van der Waals surface area contributed by atoms with Crippen LogP contribution in [0.25, 0.3) is 0 Å². The van der Waals surface area contributed by atoms with E-state index in [1.807, 2.05) is 12.1 Å². The number of aromatic nitrogens is 1. The molecule has 0 aliphatic heterocycles. The lowest BCUT2D eigenvalue weighted by Crippen LogP contribution is -2.09. The molecule has 1 heterocycles. The first-order valence-corrected chi connectivity index (χ1v) is 7.22. The van der Waals surface area contributed by atoms with E-state index in [4.69, 9.17) is 4.74 Å². The van der Waals surface area contributed by atoms with Crippen molar-refractivity contribution < 1.29 is 18.3 Å². The molecule has 22 heavy (non-hydrogen) atoms. The Bertz CT molecular complexity index is 642. The second kappa shape index (κ2) is 7.64. The lowest BCUT2D eigenvalue weighted by atomic mass is 10.1. The smallest absolute Gasteiger partial charge is 0.343 e. The number of halogens is 2. The number of rotatable bonds is 6. The summed E-state index contributed by atoms with van der Waals surface area (Å²) in [5.41, 5.74) is 1.50. The van der Waals surface area contributed by atoms with Gasteiger partial charge in [-0.3, -0.25) is 0 Å². The van der Waals surface area contributed by atoms with Crippen LogP contribution in [0.1, 0.15) is 42.1 Å². The summed E-state index contributed by atoms with van der Waals surface area (Å²) in [6.45, 7) is 2.15. The highest BCUT2D eigenvalue weighted by Crippen LogP contribution is 2.15. The third-order valence-corrected chi connectivity index (χ3v) is 3.24. The third kappa shape index (κ3) is 4.35. The van der Waals surface area contributed by atoms with E-state index in [1.54, 1.807) is 12.1 Å². The minimum absolute atomic E-state index is 0.129. The van der Waals surface area contributed by atoms with Crippen LogP contribution < -0.4 is 4.74 Å². The molecule has 0 atom stereocenters. The summed E-state index contributed by atoms with van der Waals surface area (Å²) >= 11 is 0. The minimum atomic E-state index is -1.23. The summed E-state index contributed by atoms with van der Waals surface area (Å²) in [5.74, 6) is -3.14. The van der Waals surface area contributed by atoms with Gasteiger partial charge in [-0.25, -0.2) is 14.2 Å². The molecule has 0 saturated carbocycles. The van der Waals surface area contributed by atoms with E-state index >= 15 is 0 Å². The summed E-state index contributed by atoms with van der Waals surface area (Å²) in [6.07, 6.45) is 5.38. The number of pyridine rings is 1. The lowest BCUT2D eigenvalue weighted by Gasteiger charge is -2.05. The number of hydrogen-bond acceptors (Lipinski definition) is 3. The number of nitrogens with zero attached hydrogens (tertiary/aromatic N) is 1. The Labute approximate surface area is 128 Å². The van der Waals surface area contributed by atoms with E-state index < -0.39 is 17.7 Å². The highest BCUT2D eigenvalue weighted by atomic mass is 19.2. The van der Waals surface area contributed by atoms with Crippen LogP contribution >= 0.6 is 0 Å². The third-order valence-electron chi connectivity index (χ3n) is 3.24. The molecule has 2 aromatic rings. The van der Waals surface area contributed by atoms with Crippen LogP contribution in [0.15, 0.2) is 36.5 Å². The second-order valence-corrected chi connectivity index (χ2v) is 4.99. The van der Waals surface area contributed by atoms with Crippen molar-refractivity contribution in [2.75, 3.05) is 0 Å². The van der Waals surface area contributed by atoms with Crippen LogP contribution in [0.4, 0.5) is 8.78 Å². The van der Waals surface area contributed by atoms with Gasteiger partial charge in [0.25, 0.3) is 0 Å². The van der Waals surface area contributed by atoms with Crippen LogP contribution in [0.3, 0.4) is 0 Å². The van der Waals surface area contributed by atoms with Gasteiger partial charge in [-0.05, 0) is 30.5 Å². The molecule has 0 aliphatic rings. The van der Waals surface area contributed by atoms with E-state index in [0.29, 0.717) is 5.56 Å². The Kier molecular flexibility index (Phi) is 5.58. The number of carbonyl (C=O) groups excluding carboxylic acids is 1. The maximum atomic E-state index is 13.0. The zero-order chi connectivity index (χ0) is 15.9. The van der Waals surface area contributed by atoms with Gasteiger partial charge >= 0.3 is 5.97 Å². The topological polar surface area (TPSA) is 39.2 Å². The quantitative estimate of drug-likeness (QED) is 0.453. The summed E-state index contributed by atoms with van der Waals surface area (Å²) in [6, 6.07) is 7.86. The standard InChI is InChI=1S/C17H17F2NO2/c1-2-3-4-5-12-6-8-13(9-7-12)17(21)22-14-10-15(18)16(19)20-11-14/h6-11H,2-5H2,1H3. The maximum absolute atomic E-state index is 13.0. The molecule has 0 fully saturated rings. The van der Waals surface area contributed by atoms with E-state index in [-0.39, 0.29) is 5.75 Å². The van der Waals surface area contributed by atoms with Gasteiger partial charge in [0, 0.05) is 6.07 Å². The van der Waals surface area contributed by atoms with E-state index in [2.05, 4.69) is 11.9 Å². The Balaban J connectivity index is 1.98. The van der Waals surface area contributed by atoms with Crippen molar-refractivity contribution in [1.29, 1.82) is 0 Å².